The molecule has 0 radical (unpaired) electrons. The molecule has 1 aromatic carbocycles. The van der Waals surface area contributed by atoms with Crippen LogP contribution in [-0.2, 0) is 12.8 Å². The summed E-state index contributed by atoms with van der Waals surface area (Å²) in [6, 6.07) is 7.31. The molecule has 3 nitrogen and oxygen atoms in total. The lowest BCUT2D eigenvalue weighted by Gasteiger charge is -2.27. The molecule has 1 unspecified atom stereocenters. The van der Waals surface area contributed by atoms with Gasteiger partial charge in [-0.15, -0.1) is 0 Å². The maximum absolute atomic E-state index is 4.65. The molecule has 3 heterocycles. The Labute approximate surface area is 108 Å². The van der Waals surface area contributed by atoms with Crippen LogP contribution >= 0.6 is 0 Å². The van der Waals surface area contributed by atoms with Gasteiger partial charge in [0.1, 0.15) is 5.84 Å². The molecule has 1 atom stereocenters. The maximum Gasteiger partial charge on any atom is 0.120 e. The minimum absolute atomic E-state index is 0.474. The number of nitrogens with one attached hydrogen (secondary N) is 1. The van der Waals surface area contributed by atoms with Crippen LogP contribution in [0.25, 0.3) is 0 Å². The summed E-state index contributed by atoms with van der Waals surface area (Å²) in [5.74, 6) is 1.22. The van der Waals surface area contributed by atoms with Crippen LogP contribution in [0.4, 0.5) is 5.69 Å². The third-order valence-corrected chi connectivity index (χ3v) is 4.39. The monoisotopic (exact) mass is 241 g/mol. The molecule has 0 saturated heterocycles. The van der Waals surface area contributed by atoms with Crippen molar-refractivity contribution >= 4 is 11.5 Å². The first kappa shape index (κ1) is 10.4. The first-order valence-corrected chi connectivity index (χ1v) is 7.09. The lowest BCUT2D eigenvalue weighted by molar-refractivity contribution is 0.686. The Balaban J connectivity index is 1.78. The fourth-order valence-electron chi connectivity index (χ4n) is 3.60. The minimum Gasteiger partial charge on any atom is -0.370 e. The molecule has 3 aliphatic rings. The van der Waals surface area contributed by atoms with Gasteiger partial charge in [0.15, 0.2) is 0 Å². The van der Waals surface area contributed by atoms with E-state index in [1.165, 1.54) is 42.9 Å². The van der Waals surface area contributed by atoms with Gasteiger partial charge >= 0.3 is 0 Å². The van der Waals surface area contributed by atoms with Gasteiger partial charge in [0.25, 0.3) is 0 Å². The first-order chi connectivity index (χ1) is 8.93. The van der Waals surface area contributed by atoms with Crippen LogP contribution in [0.5, 0.6) is 0 Å². The Bertz CT molecular complexity index is 506. The summed E-state index contributed by atoms with van der Waals surface area (Å²) in [6.07, 6.45) is 5.00. The Hall–Kier alpha value is -1.51. The molecule has 94 valence electrons. The van der Waals surface area contributed by atoms with E-state index in [0.29, 0.717) is 6.04 Å². The van der Waals surface area contributed by atoms with E-state index in [4.69, 9.17) is 0 Å². The number of anilines is 1. The van der Waals surface area contributed by atoms with E-state index in [2.05, 4.69) is 33.4 Å². The number of rotatable bonds is 1. The van der Waals surface area contributed by atoms with E-state index in [0.717, 1.165) is 19.5 Å². The number of hydrogen-bond acceptors (Lipinski definition) is 3. The summed E-state index contributed by atoms with van der Waals surface area (Å²) in [6.45, 7) is 3.15. The van der Waals surface area contributed by atoms with E-state index in [9.17, 15) is 0 Å². The molecule has 0 aliphatic carbocycles. The van der Waals surface area contributed by atoms with E-state index in [1.807, 2.05) is 0 Å². The second-order valence-corrected chi connectivity index (χ2v) is 5.49. The molecule has 0 aromatic heterocycles. The smallest absolute Gasteiger partial charge is 0.120 e. The lowest BCUT2D eigenvalue weighted by atomic mass is 10.0. The van der Waals surface area contributed by atoms with Gasteiger partial charge in [0.2, 0.25) is 0 Å². The van der Waals surface area contributed by atoms with Crippen LogP contribution in [0.2, 0.25) is 0 Å². The molecule has 4 rings (SSSR count). The van der Waals surface area contributed by atoms with E-state index < -0.39 is 0 Å². The molecule has 3 heteroatoms. The molecule has 0 bridgehead atoms. The van der Waals surface area contributed by atoms with Crippen molar-refractivity contribution in [1.29, 1.82) is 0 Å². The first-order valence-electron chi connectivity index (χ1n) is 7.09. The molecule has 1 aromatic rings. The second-order valence-electron chi connectivity index (χ2n) is 5.49. The Morgan fingerprint density at radius 3 is 3.06 bits per heavy atom. The van der Waals surface area contributed by atoms with Crippen molar-refractivity contribution in [3.8, 4) is 0 Å². The molecular weight excluding hydrogens is 222 g/mol. The molecule has 0 fully saturated rings. The van der Waals surface area contributed by atoms with Gasteiger partial charge in [-0.2, -0.15) is 0 Å². The Morgan fingerprint density at radius 1 is 1.22 bits per heavy atom. The quantitative estimate of drug-likeness (QED) is 0.811. The molecular formula is C15H19N3. The third kappa shape index (κ3) is 1.46. The highest BCUT2D eigenvalue weighted by molar-refractivity contribution is 5.94. The SMILES string of the molecule is c1cc2c3c(c1)CC(C1=NCCN1)N3CCCC2. The summed E-state index contributed by atoms with van der Waals surface area (Å²) >= 11 is 0. The number of benzene rings is 1. The summed E-state index contributed by atoms with van der Waals surface area (Å²) in [5, 5.41) is 3.47. The van der Waals surface area contributed by atoms with Gasteiger partial charge in [-0.3, -0.25) is 4.99 Å². The van der Waals surface area contributed by atoms with Gasteiger partial charge in [0.05, 0.1) is 12.6 Å². The fraction of sp³-hybridized carbons (Fsp3) is 0.533. The van der Waals surface area contributed by atoms with Crippen LogP contribution in [0.3, 0.4) is 0 Å². The number of nitrogens with zero attached hydrogens (tertiary/aromatic N) is 2. The maximum atomic E-state index is 4.65. The summed E-state index contributed by atoms with van der Waals surface area (Å²) in [7, 11) is 0. The number of amidine groups is 1. The predicted octanol–water partition coefficient (Wildman–Crippen LogP) is 1.76. The number of aliphatic imine (C=N–C) groups is 1. The van der Waals surface area contributed by atoms with Gasteiger partial charge in [-0.05, 0) is 30.4 Å². The molecule has 0 spiro atoms. The number of hydrogen-bond donors (Lipinski definition) is 1. The molecule has 18 heavy (non-hydrogen) atoms. The van der Waals surface area contributed by atoms with Crippen molar-refractivity contribution in [3.63, 3.8) is 0 Å². The fourth-order valence-corrected chi connectivity index (χ4v) is 3.60. The summed E-state index contributed by atoms with van der Waals surface area (Å²) < 4.78 is 0. The zero-order valence-corrected chi connectivity index (χ0v) is 10.7. The van der Waals surface area contributed by atoms with Crippen LogP contribution in [-0.4, -0.2) is 31.5 Å². The van der Waals surface area contributed by atoms with Gasteiger partial charge in [-0.25, -0.2) is 0 Å². The van der Waals surface area contributed by atoms with Crippen molar-refractivity contribution in [2.75, 3.05) is 24.5 Å². The van der Waals surface area contributed by atoms with Gasteiger partial charge in [0, 0.05) is 25.2 Å². The highest BCUT2D eigenvalue weighted by Crippen LogP contribution is 2.38. The van der Waals surface area contributed by atoms with E-state index >= 15 is 0 Å². The molecule has 1 N–H and O–H groups in total. The average molecular weight is 241 g/mol. The largest absolute Gasteiger partial charge is 0.370 e. The lowest BCUT2D eigenvalue weighted by Crippen LogP contribution is -2.44. The summed E-state index contributed by atoms with van der Waals surface area (Å²) in [4.78, 5) is 7.25. The standard InChI is InChI=1S/C15H19N3/c1-2-9-18-13(15-16-7-8-17-15)10-12-6-3-5-11(4-1)14(12)18/h3,5-6,13H,1-2,4,7-10H2,(H,16,17). The minimum atomic E-state index is 0.474. The Kier molecular flexibility index (Phi) is 2.32. The molecule has 0 amide bonds. The van der Waals surface area contributed by atoms with Crippen molar-refractivity contribution in [2.45, 2.75) is 31.7 Å². The highest BCUT2D eigenvalue weighted by Gasteiger charge is 2.35. The summed E-state index contributed by atoms with van der Waals surface area (Å²) in [5.41, 5.74) is 4.60. The van der Waals surface area contributed by atoms with Crippen molar-refractivity contribution in [1.82, 2.24) is 5.32 Å². The van der Waals surface area contributed by atoms with Gasteiger partial charge in [-0.1, -0.05) is 18.2 Å². The average Bonchev–Trinajstić information content (AvgIpc) is 2.96. The van der Waals surface area contributed by atoms with Gasteiger partial charge < -0.3 is 10.2 Å². The van der Waals surface area contributed by atoms with Crippen LogP contribution < -0.4 is 10.2 Å². The van der Waals surface area contributed by atoms with Crippen molar-refractivity contribution in [3.05, 3.63) is 29.3 Å². The van der Waals surface area contributed by atoms with Crippen LogP contribution in [0.1, 0.15) is 24.0 Å². The zero-order chi connectivity index (χ0) is 11.9. The van der Waals surface area contributed by atoms with Crippen LogP contribution in [0.15, 0.2) is 23.2 Å². The normalized spacial score (nSPS) is 25.4. The van der Waals surface area contributed by atoms with E-state index in [1.54, 1.807) is 5.56 Å². The second kappa shape index (κ2) is 4.01. The number of aryl methyl sites for hydroxylation is 1. The number of para-hydroxylation sites is 1. The molecule has 0 saturated carbocycles. The Morgan fingerprint density at radius 2 is 2.17 bits per heavy atom. The molecule has 3 aliphatic heterocycles. The topological polar surface area (TPSA) is 27.6 Å². The zero-order valence-electron chi connectivity index (χ0n) is 10.7. The third-order valence-electron chi connectivity index (χ3n) is 4.39. The van der Waals surface area contributed by atoms with Crippen molar-refractivity contribution in [2.24, 2.45) is 4.99 Å². The van der Waals surface area contributed by atoms with Crippen LogP contribution in [0, 0.1) is 0 Å². The predicted molar refractivity (Wildman–Crippen MR) is 74.5 cm³/mol. The van der Waals surface area contributed by atoms with Crippen molar-refractivity contribution < 1.29 is 0 Å². The highest BCUT2D eigenvalue weighted by atomic mass is 15.2. The van der Waals surface area contributed by atoms with E-state index in [-0.39, 0.29) is 0 Å².